The van der Waals surface area contributed by atoms with Crippen LogP contribution in [-0.4, -0.2) is 34.4 Å². The number of nitrogens with one attached hydrogen (secondary N) is 1. The Balaban J connectivity index is 2.77. The Morgan fingerprint density at radius 2 is 2.06 bits per heavy atom. The second-order valence-electron chi connectivity index (χ2n) is 6.63. The summed E-state index contributed by atoms with van der Waals surface area (Å²) in [5, 5.41) is 12.8. The molecule has 1 saturated carbocycles. The third-order valence-corrected chi connectivity index (χ3v) is 3.20. The van der Waals surface area contributed by atoms with Gasteiger partial charge in [-0.05, 0) is 53.9 Å². The number of carboxylic acids is 1. The maximum atomic E-state index is 11.6. The van der Waals surface area contributed by atoms with Crippen molar-refractivity contribution in [1.29, 1.82) is 0 Å². The van der Waals surface area contributed by atoms with Crippen LogP contribution >= 0.6 is 0 Å². The zero-order chi connectivity index (χ0) is 14.0. The van der Waals surface area contributed by atoms with Gasteiger partial charge in [0.15, 0.2) is 0 Å². The summed E-state index contributed by atoms with van der Waals surface area (Å²) in [7, 11) is 0. The Kier molecular flexibility index (Phi) is 4.78. The van der Waals surface area contributed by atoms with E-state index in [0.29, 0.717) is 12.8 Å². The molecule has 0 aromatic rings. The molecule has 106 valence electrons. The number of aliphatic carboxylic acids is 1. The van der Waals surface area contributed by atoms with Crippen molar-refractivity contribution in [2.24, 2.45) is 0 Å². The van der Waals surface area contributed by atoms with Crippen molar-refractivity contribution in [2.45, 2.75) is 83.6 Å². The zero-order valence-electron chi connectivity index (χ0n) is 12.2. The van der Waals surface area contributed by atoms with Gasteiger partial charge in [-0.15, -0.1) is 0 Å². The highest BCUT2D eigenvalue weighted by molar-refractivity contribution is 5.79. The van der Waals surface area contributed by atoms with Crippen molar-refractivity contribution in [3.63, 3.8) is 0 Å². The molecule has 0 bridgehead atoms. The largest absolute Gasteiger partial charge is 0.480 e. The predicted octanol–water partition coefficient (Wildman–Crippen LogP) is 2.57. The molecule has 1 aliphatic rings. The predicted molar refractivity (Wildman–Crippen MR) is 71.7 cm³/mol. The van der Waals surface area contributed by atoms with Crippen molar-refractivity contribution in [3.05, 3.63) is 0 Å². The van der Waals surface area contributed by atoms with Gasteiger partial charge in [0, 0.05) is 12.5 Å². The second kappa shape index (κ2) is 5.57. The molecule has 0 aromatic heterocycles. The molecule has 2 N–H and O–H groups in total. The lowest BCUT2D eigenvalue weighted by molar-refractivity contribution is -0.153. The third kappa shape index (κ3) is 4.25. The first kappa shape index (κ1) is 15.4. The minimum absolute atomic E-state index is 0.0288. The van der Waals surface area contributed by atoms with Crippen molar-refractivity contribution in [2.75, 3.05) is 0 Å². The first-order chi connectivity index (χ1) is 8.15. The fraction of sp³-hybridized carbons (Fsp3) is 0.929. The van der Waals surface area contributed by atoms with Gasteiger partial charge in [0.1, 0.15) is 5.54 Å². The van der Waals surface area contributed by atoms with E-state index in [4.69, 9.17) is 4.74 Å². The van der Waals surface area contributed by atoms with Crippen molar-refractivity contribution < 1.29 is 14.6 Å². The first-order valence-corrected chi connectivity index (χ1v) is 6.83. The maximum absolute atomic E-state index is 11.6. The summed E-state index contributed by atoms with van der Waals surface area (Å²) in [6.45, 7) is 10.0. The Morgan fingerprint density at radius 1 is 1.44 bits per heavy atom. The van der Waals surface area contributed by atoms with Gasteiger partial charge in [0.2, 0.25) is 0 Å². The molecule has 0 spiro atoms. The molecule has 18 heavy (non-hydrogen) atoms. The first-order valence-electron chi connectivity index (χ1n) is 6.83. The van der Waals surface area contributed by atoms with Crippen LogP contribution in [0, 0.1) is 0 Å². The summed E-state index contributed by atoms with van der Waals surface area (Å²) in [6.07, 6.45) is 3.11. The van der Waals surface area contributed by atoms with E-state index in [1.807, 2.05) is 34.6 Å². The van der Waals surface area contributed by atoms with Crippen LogP contribution in [0.3, 0.4) is 0 Å². The topological polar surface area (TPSA) is 58.6 Å². The Morgan fingerprint density at radius 3 is 2.50 bits per heavy atom. The van der Waals surface area contributed by atoms with Gasteiger partial charge in [-0.3, -0.25) is 10.1 Å². The lowest BCUT2D eigenvalue weighted by atomic mass is 9.79. The van der Waals surface area contributed by atoms with Crippen molar-refractivity contribution in [1.82, 2.24) is 5.32 Å². The summed E-state index contributed by atoms with van der Waals surface area (Å²) in [5.41, 5.74) is -1.04. The van der Waals surface area contributed by atoms with Crippen LogP contribution in [0.4, 0.5) is 0 Å². The quantitative estimate of drug-likeness (QED) is 0.812. The molecule has 2 atom stereocenters. The van der Waals surface area contributed by atoms with E-state index < -0.39 is 11.5 Å². The molecular formula is C14H27NO3. The van der Waals surface area contributed by atoms with Crippen LogP contribution in [0.1, 0.15) is 60.3 Å². The van der Waals surface area contributed by atoms with Crippen LogP contribution in [0.25, 0.3) is 0 Å². The number of carboxylic acid groups (broad SMARTS) is 1. The summed E-state index contributed by atoms with van der Waals surface area (Å²) < 4.78 is 5.96. The molecule has 0 amide bonds. The number of hydrogen-bond donors (Lipinski definition) is 2. The molecule has 4 heteroatoms. The van der Waals surface area contributed by atoms with Crippen LogP contribution in [0.5, 0.6) is 0 Å². The van der Waals surface area contributed by atoms with E-state index >= 15 is 0 Å². The summed E-state index contributed by atoms with van der Waals surface area (Å²) in [4.78, 5) is 11.6. The van der Waals surface area contributed by atoms with E-state index in [1.54, 1.807) is 0 Å². The van der Waals surface area contributed by atoms with Crippen LogP contribution in [0.2, 0.25) is 0 Å². The van der Waals surface area contributed by atoms with Crippen LogP contribution < -0.4 is 5.32 Å². The monoisotopic (exact) mass is 257 g/mol. The summed E-state index contributed by atoms with van der Waals surface area (Å²) in [6, 6.07) is 0.162. The SMILES string of the molecule is CC(C)NC1(C(=O)O)CCCC(OC(C)(C)C)C1. The van der Waals surface area contributed by atoms with Gasteiger partial charge < -0.3 is 9.84 Å². The molecule has 0 aliphatic heterocycles. The Labute approximate surface area is 110 Å². The van der Waals surface area contributed by atoms with Gasteiger partial charge in [0.25, 0.3) is 0 Å². The smallest absolute Gasteiger partial charge is 0.324 e. The third-order valence-electron chi connectivity index (χ3n) is 3.20. The van der Waals surface area contributed by atoms with Crippen molar-refractivity contribution >= 4 is 5.97 Å². The maximum Gasteiger partial charge on any atom is 0.324 e. The van der Waals surface area contributed by atoms with Crippen molar-refractivity contribution in [3.8, 4) is 0 Å². The fourth-order valence-electron chi connectivity index (χ4n) is 2.76. The summed E-state index contributed by atoms with van der Waals surface area (Å²) >= 11 is 0. The standard InChI is InChI=1S/C14H27NO3/c1-10(2)15-14(12(16)17)8-6-7-11(9-14)18-13(3,4)5/h10-11,15H,6-9H2,1-5H3,(H,16,17). The lowest BCUT2D eigenvalue weighted by Gasteiger charge is -2.41. The Hall–Kier alpha value is -0.610. The molecular weight excluding hydrogens is 230 g/mol. The second-order valence-corrected chi connectivity index (χ2v) is 6.63. The zero-order valence-corrected chi connectivity index (χ0v) is 12.2. The van der Waals surface area contributed by atoms with E-state index in [1.165, 1.54) is 0 Å². The van der Waals surface area contributed by atoms with Gasteiger partial charge in [-0.2, -0.15) is 0 Å². The number of rotatable bonds is 4. The molecule has 1 aliphatic carbocycles. The van der Waals surface area contributed by atoms with Gasteiger partial charge in [-0.25, -0.2) is 0 Å². The summed E-state index contributed by atoms with van der Waals surface area (Å²) in [5.74, 6) is -0.751. The van der Waals surface area contributed by atoms with Crippen LogP contribution in [-0.2, 0) is 9.53 Å². The highest BCUT2D eigenvalue weighted by Gasteiger charge is 2.44. The Bertz CT molecular complexity index is 296. The van der Waals surface area contributed by atoms with Gasteiger partial charge in [0.05, 0.1) is 11.7 Å². The molecule has 0 radical (unpaired) electrons. The number of carbonyl (C=O) groups is 1. The molecule has 2 unspecified atom stereocenters. The highest BCUT2D eigenvalue weighted by Crippen LogP contribution is 2.33. The normalized spacial score (nSPS) is 29.6. The van der Waals surface area contributed by atoms with Gasteiger partial charge >= 0.3 is 5.97 Å². The minimum atomic E-state index is -0.817. The number of ether oxygens (including phenoxy) is 1. The van der Waals surface area contributed by atoms with Gasteiger partial charge in [-0.1, -0.05) is 0 Å². The fourth-order valence-corrected chi connectivity index (χ4v) is 2.76. The van der Waals surface area contributed by atoms with Crippen LogP contribution in [0.15, 0.2) is 0 Å². The average molecular weight is 257 g/mol. The average Bonchev–Trinajstić information content (AvgIpc) is 2.13. The molecule has 0 saturated heterocycles. The molecule has 1 fully saturated rings. The minimum Gasteiger partial charge on any atom is -0.480 e. The van der Waals surface area contributed by atoms with E-state index in [9.17, 15) is 9.90 Å². The van der Waals surface area contributed by atoms with E-state index in [-0.39, 0.29) is 17.7 Å². The van der Waals surface area contributed by atoms with E-state index in [0.717, 1.165) is 12.8 Å². The lowest BCUT2D eigenvalue weighted by Crippen LogP contribution is -2.58. The molecule has 0 heterocycles. The molecule has 0 aromatic carbocycles. The van der Waals surface area contributed by atoms with E-state index in [2.05, 4.69) is 5.32 Å². The molecule has 4 nitrogen and oxygen atoms in total. The number of hydrogen-bond acceptors (Lipinski definition) is 3. The highest BCUT2D eigenvalue weighted by atomic mass is 16.5. The molecule has 1 rings (SSSR count).